The molecule has 1 fully saturated rings. The normalized spacial score (nSPS) is 19.2. The lowest BCUT2D eigenvalue weighted by atomic mass is 9.75. The number of hydrogen-bond donors (Lipinski definition) is 2. The first-order valence-electron chi connectivity index (χ1n) is 8.91. The van der Waals surface area contributed by atoms with Crippen molar-refractivity contribution in [1.82, 2.24) is 4.90 Å². The van der Waals surface area contributed by atoms with Crippen LogP contribution in [0.15, 0.2) is 48.5 Å². The van der Waals surface area contributed by atoms with Crippen LogP contribution < -0.4 is 0 Å². The Labute approximate surface area is 161 Å². The molecule has 1 aliphatic heterocycles. The lowest BCUT2D eigenvalue weighted by Gasteiger charge is -2.40. The quantitative estimate of drug-likeness (QED) is 0.825. The molecule has 0 saturated carbocycles. The van der Waals surface area contributed by atoms with E-state index in [1.165, 1.54) is 41.3 Å². The molecule has 1 atom stereocenters. The van der Waals surface area contributed by atoms with Gasteiger partial charge in [-0.3, -0.25) is 9.59 Å². The number of halogens is 1. The number of amides is 1. The molecule has 1 aliphatic rings. The third-order valence-electron chi connectivity index (χ3n) is 5.13. The van der Waals surface area contributed by atoms with Crippen molar-refractivity contribution in [2.75, 3.05) is 13.1 Å². The van der Waals surface area contributed by atoms with E-state index in [0.717, 1.165) is 0 Å². The summed E-state index contributed by atoms with van der Waals surface area (Å²) in [6.07, 6.45) is 1.10. The predicted molar refractivity (Wildman–Crippen MR) is 98.7 cm³/mol. The van der Waals surface area contributed by atoms with Crippen LogP contribution in [0.5, 0.6) is 0 Å². The fraction of sp³-hybridized carbons (Fsp3) is 0.286. The molecule has 0 bridgehead atoms. The lowest BCUT2D eigenvalue weighted by Crippen LogP contribution is -2.51. The van der Waals surface area contributed by atoms with Crippen LogP contribution in [-0.2, 0) is 11.2 Å². The summed E-state index contributed by atoms with van der Waals surface area (Å²) in [7, 11) is 0. The Morgan fingerprint density at radius 1 is 1.04 bits per heavy atom. The molecule has 6 nitrogen and oxygen atoms in total. The third kappa shape index (κ3) is 4.03. The van der Waals surface area contributed by atoms with Gasteiger partial charge in [0.15, 0.2) is 0 Å². The Hall–Kier alpha value is -3.22. The molecule has 7 heteroatoms. The van der Waals surface area contributed by atoms with E-state index in [1.807, 2.05) is 0 Å². The molecule has 146 valence electrons. The van der Waals surface area contributed by atoms with Crippen LogP contribution in [0.25, 0.3) is 0 Å². The first kappa shape index (κ1) is 19.5. The summed E-state index contributed by atoms with van der Waals surface area (Å²) in [6.45, 7) is 0.407. The summed E-state index contributed by atoms with van der Waals surface area (Å²) in [5.41, 5.74) is -0.275. The first-order valence-corrected chi connectivity index (χ1v) is 8.91. The molecule has 1 amide bonds. The van der Waals surface area contributed by atoms with Gasteiger partial charge >= 0.3 is 11.9 Å². The van der Waals surface area contributed by atoms with Gasteiger partial charge in [-0.25, -0.2) is 9.18 Å². The highest BCUT2D eigenvalue weighted by Crippen LogP contribution is 2.35. The molecule has 0 spiro atoms. The molecule has 1 saturated heterocycles. The van der Waals surface area contributed by atoms with E-state index in [2.05, 4.69) is 0 Å². The zero-order valence-electron chi connectivity index (χ0n) is 15.1. The topological polar surface area (TPSA) is 94.9 Å². The molecule has 2 N–H and O–H groups in total. The Bertz CT molecular complexity index is 911. The molecule has 2 aromatic carbocycles. The second kappa shape index (κ2) is 7.80. The van der Waals surface area contributed by atoms with Gasteiger partial charge in [0.1, 0.15) is 5.82 Å². The maximum atomic E-state index is 13.2. The van der Waals surface area contributed by atoms with Gasteiger partial charge in [-0.05, 0) is 55.2 Å². The Kier molecular flexibility index (Phi) is 5.44. The number of carbonyl (C=O) groups excluding carboxylic acids is 1. The van der Waals surface area contributed by atoms with Crippen LogP contribution in [0.4, 0.5) is 4.39 Å². The van der Waals surface area contributed by atoms with Crippen LogP contribution in [0.1, 0.15) is 39.1 Å². The summed E-state index contributed by atoms with van der Waals surface area (Å²) < 4.78 is 13.2. The summed E-state index contributed by atoms with van der Waals surface area (Å²) in [5, 5.41) is 19.0. The Morgan fingerprint density at radius 2 is 1.71 bits per heavy atom. The second-order valence-corrected chi connectivity index (χ2v) is 7.10. The smallest absolute Gasteiger partial charge is 0.335 e. The molecule has 0 radical (unpaired) electrons. The zero-order chi connectivity index (χ0) is 20.3. The third-order valence-corrected chi connectivity index (χ3v) is 5.13. The molecule has 2 aromatic rings. The van der Waals surface area contributed by atoms with Gasteiger partial charge in [-0.1, -0.05) is 18.2 Å². The number of carboxylic acids is 2. The number of likely N-dealkylation sites (tertiary alicyclic amines) is 1. The lowest BCUT2D eigenvalue weighted by molar-refractivity contribution is -0.151. The fourth-order valence-corrected chi connectivity index (χ4v) is 3.66. The number of piperidine rings is 1. The average Bonchev–Trinajstić information content (AvgIpc) is 2.69. The van der Waals surface area contributed by atoms with Crippen LogP contribution in [0.2, 0.25) is 0 Å². The molecule has 0 aliphatic carbocycles. The van der Waals surface area contributed by atoms with Crippen LogP contribution in [-0.4, -0.2) is 46.0 Å². The minimum Gasteiger partial charge on any atom is -0.481 e. The van der Waals surface area contributed by atoms with Gasteiger partial charge in [0, 0.05) is 18.7 Å². The fourth-order valence-electron chi connectivity index (χ4n) is 3.66. The molecule has 0 aromatic heterocycles. The van der Waals surface area contributed by atoms with Gasteiger partial charge in [0.05, 0.1) is 11.0 Å². The van der Waals surface area contributed by atoms with Crippen molar-refractivity contribution >= 4 is 17.8 Å². The van der Waals surface area contributed by atoms with E-state index < -0.39 is 29.1 Å². The van der Waals surface area contributed by atoms with E-state index >= 15 is 0 Å². The minimum absolute atomic E-state index is 0.00123. The van der Waals surface area contributed by atoms with Crippen molar-refractivity contribution in [2.24, 2.45) is 5.41 Å². The summed E-state index contributed by atoms with van der Waals surface area (Å²) in [5.74, 6) is -2.93. The summed E-state index contributed by atoms with van der Waals surface area (Å²) >= 11 is 0. The van der Waals surface area contributed by atoms with Crippen molar-refractivity contribution in [3.63, 3.8) is 0 Å². The van der Waals surface area contributed by atoms with E-state index in [9.17, 15) is 23.9 Å². The number of aliphatic carboxylic acids is 1. The van der Waals surface area contributed by atoms with Crippen molar-refractivity contribution in [3.8, 4) is 0 Å². The largest absolute Gasteiger partial charge is 0.481 e. The highest BCUT2D eigenvalue weighted by molar-refractivity contribution is 5.97. The van der Waals surface area contributed by atoms with E-state index in [1.54, 1.807) is 12.1 Å². The molecule has 1 heterocycles. The van der Waals surface area contributed by atoms with Crippen molar-refractivity contribution in [3.05, 3.63) is 71.0 Å². The molecule has 3 rings (SSSR count). The SMILES string of the molecule is O=C(O)c1cccc(C(=O)N2CCC[C@@](Cc3ccc(F)cc3)(C(=O)O)C2)c1. The van der Waals surface area contributed by atoms with Gasteiger partial charge in [0.2, 0.25) is 0 Å². The van der Waals surface area contributed by atoms with Crippen molar-refractivity contribution in [1.29, 1.82) is 0 Å². The number of benzene rings is 2. The summed E-state index contributed by atoms with van der Waals surface area (Å²) in [4.78, 5) is 37.6. The number of hydrogen-bond acceptors (Lipinski definition) is 3. The molecule has 0 unspecified atom stereocenters. The van der Waals surface area contributed by atoms with Crippen molar-refractivity contribution < 1.29 is 29.0 Å². The van der Waals surface area contributed by atoms with Gasteiger partial charge < -0.3 is 15.1 Å². The highest BCUT2D eigenvalue weighted by atomic mass is 19.1. The zero-order valence-corrected chi connectivity index (χ0v) is 15.1. The van der Waals surface area contributed by atoms with Crippen LogP contribution >= 0.6 is 0 Å². The Morgan fingerprint density at radius 3 is 2.36 bits per heavy atom. The number of rotatable bonds is 5. The van der Waals surface area contributed by atoms with Gasteiger partial charge in [-0.15, -0.1) is 0 Å². The highest BCUT2D eigenvalue weighted by Gasteiger charge is 2.43. The average molecular weight is 385 g/mol. The maximum absolute atomic E-state index is 13.2. The van der Waals surface area contributed by atoms with E-state index in [-0.39, 0.29) is 24.1 Å². The number of carbonyl (C=O) groups is 3. The van der Waals surface area contributed by atoms with Crippen LogP contribution in [0.3, 0.4) is 0 Å². The molecular formula is C21H20FNO5. The minimum atomic E-state index is -1.17. The Balaban J connectivity index is 1.84. The standard InChI is InChI=1S/C21H20FNO5/c22-17-7-5-14(6-8-17)12-21(20(27)28)9-2-10-23(13-21)18(24)15-3-1-4-16(11-15)19(25)26/h1,3-8,11H,2,9-10,12-13H2,(H,25,26)(H,27,28)/t21-/m0/s1. The second-order valence-electron chi connectivity index (χ2n) is 7.10. The van der Waals surface area contributed by atoms with Crippen LogP contribution in [0, 0.1) is 11.2 Å². The molecule has 28 heavy (non-hydrogen) atoms. The van der Waals surface area contributed by atoms with Gasteiger partial charge in [-0.2, -0.15) is 0 Å². The summed E-state index contributed by atoms with van der Waals surface area (Å²) in [6, 6.07) is 11.4. The molecular weight excluding hydrogens is 365 g/mol. The number of carboxylic acid groups (broad SMARTS) is 2. The van der Waals surface area contributed by atoms with Gasteiger partial charge in [0.25, 0.3) is 5.91 Å². The monoisotopic (exact) mass is 385 g/mol. The van der Waals surface area contributed by atoms with Crippen molar-refractivity contribution in [2.45, 2.75) is 19.3 Å². The predicted octanol–water partition coefficient (Wildman–Crippen LogP) is 3.07. The van der Waals surface area contributed by atoms with E-state index in [4.69, 9.17) is 5.11 Å². The first-order chi connectivity index (χ1) is 13.3. The number of nitrogens with zero attached hydrogens (tertiary/aromatic N) is 1. The number of aromatic carboxylic acids is 1. The van der Waals surface area contributed by atoms with E-state index in [0.29, 0.717) is 24.9 Å². The maximum Gasteiger partial charge on any atom is 0.335 e.